The number of nitrogens with one attached hydrogen (secondary N) is 1. The van der Waals surface area contributed by atoms with E-state index in [1.54, 1.807) is 19.2 Å². The van der Waals surface area contributed by atoms with Gasteiger partial charge in [-0.05, 0) is 37.8 Å². The number of ether oxygens (including phenoxy) is 1. The molecule has 1 aromatic rings. The molecule has 0 bridgehead atoms. The van der Waals surface area contributed by atoms with E-state index in [-0.39, 0.29) is 0 Å². The van der Waals surface area contributed by atoms with Crippen LogP contribution in [0.4, 0.5) is 5.69 Å². The van der Waals surface area contributed by atoms with Crippen LogP contribution in [0.25, 0.3) is 0 Å². The highest BCUT2D eigenvalue weighted by molar-refractivity contribution is 5.48. The lowest BCUT2D eigenvalue weighted by molar-refractivity contribution is 0.0682. The maximum absolute atomic E-state index is 9.36. The quantitative estimate of drug-likeness (QED) is 0.824. The monoisotopic (exact) mass is 221 g/mol. The smallest absolute Gasteiger partial charge is 0.117 e. The van der Waals surface area contributed by atoms with Crippen molar-refractivity contribution in [1.82, 2.24) is 0 Å². The van der Waals surface area contributed by atoms with Crippen molar-refractivity contribution in [1.29, 1.82) is 0 Å². The van der Waals surface area contributed by atoms with Crippen molar-refractivity contribution in [2.75, 3.05) is 12.4 Å². The van der Waals surface area contributed by atoms with Crippen LogP contribution in [0.5, 0.6) is 5.75 Å². The molecule has 0 aliphatic heterocycles. The predicted molar refractivity (Wildman–Crippen MR) is 64.8 cm³/mol. The van der Waals surface area contributed by atoms with Gasteiger partial charge in [-0.3, -0.25) is 0 Å². The van der Waals surface area contributed by atoms with Crippen molar-refractivity contribution in [3.8, 4) is 5.75 Å². The van der Waals surface area contributed by atoms with E-state index in [9.17, 15) is 5.11 Å². The molecule has 1 aliphatic rings. The SMILES string of the molecule is COC1CCC(Nc2cccc(O)c2)CC1. The van der Waals surface area contributed by atoms with Gasteiger partial charge < -0.3 is 15.2 Å². The number of aromatic hydroxyl groups is 1. The van der Waals surface area contributed by atoms with Gasteiger partial charge in [0.05, 0.1) is 6.10 Å². The van der Waals surface area contributed by atoms with E-state index in [0.29, 0.717) is 17.9 Å². The number of methoxy groups -OCH3 is 1. The summed E-state index contributed by atoms with van der Waals surface area (Å²) in [6, 6.07) is 7.81. The molecule has 88 valence electrons. The Balaban J connectivity index is 1.87. The summed E-state index contributed by atoms with van der Waals surface area (Å²) < 4.78 is 5.34. The average molecular weight is 221 g/mol. The van der Waals surface area contributed by atoms with Crippen LogP contribution in [-0.2, 0) is 4.74 Å². The molecule has 1 saturated carbocycles. The molecule has 0 spiro atoms. The standard InChI is InChI=1S/C13H19NO2/c1-16-13-7-5-10(6-8-13)14-11-3-2-4-12(15)9-11/h2-4,9-10,13-15H,5-8H2,1H3. The van der Waals surface area contributed by atoms with Gasteiger partial charge in [-0.15, -0.1) is 0 Å². The molecule has 0 aromatic heterocycles. The van der Waals surface area contributed by atoms with Crippen molar-refractivity contribution in [3.05, 3.63) is 24.3 Å². The van der Waals surface area contributed by atoms with Crippen molar-refractivity contribution in [2.45, 2.75) is 37.8 Å². The third kappa shape index (κ3) is 2.89. The second kappa shape index (κ2) is 5.21. The number of anilines is 1. The van der Waals surface area contributed by atoms with E-state index in [4.69, 9.17) is 4.74 Å². The summed E-state index contributed by atoms with van der Waals surface area (Å²) in [5.74, 6) is 0.315. The Morgan fingerprint density at radius 3 is 2.62 bits per heavy atom. The predicted octanol–water partition coefficient (Wildman–Crippen LogP) is 2.76. The molecule has 0 unspecified atom stereocenters. The molecule has 2 rings (SSSR count). The second-order valence-corrected chi connectivity index (χ2v) is 4.40. The highest BCUT2D eigenvalue weighted by atomic mass is 16.5. The summed E-state index contributed by atoms with van der Waals surface area (Å²) in [7, 11) is 1.79. The fourth-order valence-corrected chi connectivity index (χ4v) is 2.27. The molecule has 1 aliphatic carbocycles. The lowest BCUT2D eigenvalue weighted by Gasteiger charge is -2.28. The molecule has 0 saturated heterocycles. The number of benzene rings is 1. The Morgan fingerprint density at radius 2 is 2.00 bits per heavy atom. The number of rotatable bonds is 3. The first kappa shape index (κ1) is 11.3. The third-order valence-corrected chi connectivity index (χ3v) is 3.22. The van der Waals surface area contributed by atoms with Crippen LogP contribution in [0.15, 0.2) is 24.3 Å². The molecule has 2 N–H and O–H groups in total. The number of phenolic OH excluding ortho intramolecular Hbond substituents is 1. The van der Waals surface area contributed by atoms with Crippen LogP contribution < -0.4 is 5.32 Å². The summed E-state index contributed by atoms with van der Waals surface area (Å²) in [5, 5.41) is 12.8. The molecule has 3 heteroatoms. The summed E-state index contributed by atoms with van der Waals surface area (Å²) in [4.78, 5) is 0. The highest BCUT2D eigenvalue weighted by Crippen LogP contribution is 2.24. The van der Waals surface area contributed by atoms with Gasteiger partial charge in [0, 0.05) is 24.9 Å². The van der Waals surface area contributed by atoms with Crippen LogP contribution in [0.1, 0.15) is 25.7 Å². The fourth-order valence-electron chi connectivity index (χ4n) is 2.27. The molecule has 0 atom stereocenters. The first-order valence-corrected chi connectivity index (χ1v) is 5.86. The van der Waals surface area contributed by atoms with Gasteiger partial charge in [-0.2, -0.15) is 0 Å². The van der Waals surface area contributed by atoms with Gasteiger partial charge in [0.15, 0.2) is 0 Å². The Labute approximate surface area is 96.4 Å². The maximum atomic E-state index is 9.36. The molecule has 16 heavy (non-hydrogen) atoms. The van der Waals surface area contributed by atoms with Crippen molar-refractivity contribution in [2.24, 2.45) is 0 Å². The normalized spacial score (nSPS) is 25.3. The van der Waals surface area contributed by atoms with E-state index < -0.39 is 0 Å². The van der Waals surface area contributed by atoms with E-state index in [1.807, 2.05) is 12.1 Å². The second-order valence-electron chi connectivity index (χ2n) is 4.40. The van der Waals surface area contributed by atoms with Crippen molar-refractivity contribution >= 4 is 5.69 Å². The molecular formula is C13H19NO2. The van der Waals surface area contributed by atoms with E-state index in [1.165, 1.54) is 0 Å². The van der Waals surface area contributed by atoms with Gasteiger partial charge >= 0.3 is 0 Å². The first-order chi connectivity index (χ1) is 7.78. The molecule has 0 amide bonds. The minimum absolute atomic E-state index is 0.315. The first-order valence-electron chi connectivity index (χ1n) is 5.86. The minimum Gasteiger partial charge on any atom is -0.508 e. The number of phenols is 1. The summed E-state index contributed by atoms with van der Waals surface area (Å²) in [6.07, 6.45) is 4.93. The molecule has 1 fully saturated rings. The average Bonchev–Trinajstić information content (AvgIpc) is 2.30. The van der Waals surface area contributed by atoms with Crippen LogP contribution >= 0.6 is 0 Å². The summed E-state index contributed by atoms with van der Waals surface area (Å²) in [6.45, 7) is 0. The molecule has 0 radical (unpaired) electrons. The zero-order chi connectivity index (χ0) is 11.4. The summed E-state index contributed by atoms with van der Waals surface area (Å²) in [5.41, 5.74) is 1.00. The van der Waals surface area contributed by atoms with Crippen molar-refractivity contribution in [3.63, 3.8) is 0 Å². The lowest BCUT2D eigenvalue weighted by Crippen LogP contribution is -2.29. The van der Waals surface area contributed by atoms with E-state index >= 15 is 0 Å². The third-order valence-electron chi connectivity index (χ3n) is 3.22. The topological polar surface area (TPSA) is 41.5 Å². The van der Waals surface area contributed by atoms with Crippen LogP contribution in [0.3, 0.4) is 0 Å². The van der Waals surface area contributed by atoms with Gasteiger partial charge in [-0.1, -0.05) is 6.07 Å². The number of hydrogen-bond acceptors (Lipinski definition) is 3. The Morgan fingerprint density at radius 1 is 1.25 bits per heavy atom. The molecule has 1 aromatic carbocycles. The van der Waals surface area contributed by atoms with Crippen LogP contribution in [0, 0.1) is 0 Å². The van der Waals surface area contributed by atoms with E-state index in [0.717, 1.165) is 31.4 Å². The van der Waals surface area contributed by atoms with Crippen molar-refractivity contribution < 1.29 is 9.84 Å². The van der Waals surface area contributed by atoms with Gasteiger partial charge in [0.1, 0.15) is 5.75 Å². The Kier molecular flexibility index (Phi) is 3.67. The van der Waals surface area contributed by atoms with Gasteiger partial charge in [-0.25, -0.2) is 0 Å². The minimum atomic E-state index is 0.315. The Bertz CT molecular complexity index is 332. The number of hydrogen-bond donors (Lipinski definition) is 2. The zero-order valence-electron chi connectivity index (χ0n) is 9.65. The zero-order valence-corrected chi connectivity index (χ0v) is 9.65. The molecule has 3 nitrogen and oxygen atoms in total. The molecule has 0 heterocycles. The van der Waals surface area contributed by atoms with Gasteiger partial charge in [0.2, 0.25) is 0 Å². The van der Waals surface area contributed by atoms with Gasteiger partial charge in [0.25, 0.3) is 0 Å². The van der Waals surface area contributed by atoms with Crippen LogP contribution in [0.2, 0.25) is 0 Å². The van der Waals surface area contributed by atoms with E-state index in [2.05, 4.69) is 5.32 Å². The lowest BCUT2D eigenvalue weighted by atomic mass is 9.93. The molecular weight excluding hydrogens is 202 g/mol. The fraction of sp³-hybridized carbons (Fsp3) is 0.538. The maximum Gasteiger partial charge on any atom is 0.117 e. The van der Waals surface area contributed by atoms with Crippen LogP contribution in [-0.4, -0.2) is 24.4 Å². The largest absolute Gasteiger partial charge is 0.508 e. The summed E-state index contributed by atoms with van der Waals surface area (Å²) >= 11 is 0. The Hall–Kier alpha value is -1.22. The highest BCUT2D eigenvalue weighted by Gasteiger charge is 2.20.